The number of anilines is 1. The highest BCUT2D eigenvalue weighted by Gasteiger charge is 2.22. The molecule has 0 radical (unpaired) electrons. The molecule has 0 aliphatic carbocycles. The van der Waals surface area contributed by atoms with Crippen LogP contribution in [0.15, 0.2) is 53.1 Å². The predicted octanol–water partition coefficient (Wildman–Crippen LogP) is 3.55. The lowest BCUT2D eigenvalue weighted by Gasteiger charge is -2.16. The van der Waals surface area contributed by atoms with Crippen LogP contribution in [0, 0.1) is 0 Å². The van der Waals surface area contributed by atoms with Gasteiger partial charge in [-0.15, -0.1) is 0 Å². The molecule has 2 amide bonds. The minimum Gasteiger partial charge on any atom is -0.497 e. The molecule has 1 aromatic heterocycles. The lowest BCUT2D eigenvalue weighted by Crippen LogP contribution is -2.34. The van der Waals surface area contributed by atoms with Crippen LogP contribution in [-0.2, 0) is 22.4 Å². The summed E-state index contributed by atoms with van der Waals surface area (Å²) in [7, 11) is 2.86. The minimum atomic E-state index is -0.615. The van der Waals surface area contributed by atoms with Gasteiger partial charge in [-0.3, -0.25) is 4.79 Å². The fourth-order valence-electron chi connectivity index (χ4n) is 2.74. The number of hydrogen-bond donors (Lipinski definition) is 2. The smallest absolute Gasteiger partial charge is 0.319 e. The zero-order valence-corrected chi connectivity index (χ0v) is 17.7. The highest BCUT2D eigenvalue weighted by molar-refractivity contribution is 6.30. The van der Waals surface area contributed by atoms with Gasteiger partial charge in [-0.25, -0.2) is 4.79 Å². The third-order valence-electron chi connectivity index (χ3n) is 4.33. The Bertz CT molecular complexity index is 1020. The molecule has 2 N–H and O–H groups in total. The summed E-state index contributed by atoms with van der Waals surface area (Å²) in [5.74, 6) is 0.548. The zero-order chi connectivity index (χ0) is 22.2. The standard InChI is InChI=1S/C21H21ClN4O5/c1-29-16-9-3-13(4-10-16)11-17(20-25-18(31-26-20)12-19(27)30-2)24-21(28)23-15-7-5-14(22)6-8-15/h3-10,17H,11-12H2,1-2H3,(H2,23,24,28)/t17-/m0/s1. The van der Waals surface area contributed by atoms with Crippen molar-refractivity contribution in [3.63, 3.8) is 0 Å². The number of carbonyl (C=O) groups excluding carboxylic acids is 2. The molecule has 9 nitrogen and oxygen atoms in total. The number of aromatic nitrogens is 2. The molecule has 0 saturated carbocycles. The van der Waals surface area contributed by atoms with Gasteiger partial charge in [-0.1, -0.05) is 28.9 Å². The second kappa shape index (κ2) is 10.4. The highest BCUT2D eigenvalue weighted by atomic mass is 35.5. The number of methoxy groups -OCH3 is 2. The Morgan fingerprint density at radius 1 is 1.10 bits per heavy atom. The van der Waals surface area contributed by atoms with E-state index in [1.165, 1.54) is 7.11 Å². The number of ether oxygens (including phenoxy) is 2. The first-order chi connectivity index (χ1) is 15.0. The van der Waals surface area contributed by atoms with E-state index < -0.39 is 18.0 Å². The SMILES string of the molecule is COC(=O)Cc1nc([C@H](Cc2ccc(OC)cc2)NC(=O)Nc2ccc(Cl)cc2)no1. The van der Waals surface area contributed by atoms with Crippen molar-refractivity contribution in [1.29, 1.82) is 0 Å². The Labute approximate surface area is 183 Å². The van der Waals surface area contributed by atoms with Crippen LogP contribution in [0.3, 0.4) is 0 Å². The fraction of sp³-hybridized carbons (Fsp3) is 0.238. The van der Waals surface area contributed by atoms with Gasteiger partial charge in [0.2, 0.25) is 5.89 Å². The van der Waals surface area contributed by atoms with E-state index in [0.29, 0.717) is 22.9 Å². The van der Waals surface area contributed by atoms with E-state index >= 15 is 0 Å². The van der Waals surface area contributed by atoms with E-state index in [1.807, 2.05) is 24.3 Å². The molecule has 3 aromatic rings. The molecule has 1 atom stereocenters. The van der Waals surface area contributed by atoms with Crippen molar-refractivity contribution < 1.29 is 23.6 Å². The molecule has 0 aliphatic heterocycles. The molecule has 2 aromatic carbocycles. The first-order valence-corrected chi connectivity index (χ1v) is 9.70. The summed E-state index contributed by atoms with van der Waals surface area (Å²) in [6.07, 6.45) is 0.227. The summed E-state index contributed by atoms with van der Waals surface area (Å²) in [6.45, 7) is 0. The van der Waals surface area contributed by atoms with Crippen molar-refractivity contribution in [3.8, 4) is 5.75 Å². The van der Waals surface area contributed by atoms with E-state index in [1.54, 1.807) is 31.4 Å². The van der Waals surface area contributed by atoms with Gasteiger partial charge in [0.1, 0.15) is 12.2 Å². The summed E-state index contributed by atoms with van der Waals surface area (Å²) in [4.78, 5) is 28.3. The lowest BCUT2D eigenvalue weighted by molar-refractivity contribution is -0.140. The van der Waals surface area contributed by atoms with Gasteiger partial charge < -0.3 is 24.6 Å². The second-order valence-electron chi connectivity index (χ2n) is 6.51. The summed E-state index contributed by atoms with van der Waals surface area (Å²) in [5, 5.41) is 10.1. The number of urea groups is 1. The summed E-state index contributed by atoms with van der Waals surface area (Å²) in [5.41, 5.74) is 1.49. The third kappa shape index (κ3) is 6.45. The van der Waals surface area contributed by atoms with Crippen LogP contribution < -0.4 is 15.4 Å². The number of carbonyl (C=O) groups is 2. The van der Waals surface area contributed by atoms with Crippen molar-refractivity contribution in [2.75, 3.05) is 19.5 Å². The maximum absolute atomic E-state index is 12.6. The molecular formula is C21H21ClN4O5. The van der Waals surface area contributed by atoms with Crippen LogP contribution in [0.1, 0.15) is 23.3 Å². The van der Waals surface area contributed by atoms with E-state index in [4.69, 9.17) is 20.9 Å². The van der Waals surface area contributed by atoms with Gasteiger partial charge in [0.05, 0.1) is 20.3 Å². The quantitative estimate of drug-likeness (QED) is 0.510. The van der Waals surface area contributed by atoms with Crippen molar-refractivity contribution in [3.05, 3.63) is 70.8 Å². The van der Waals surface area contributed by atoms with Crippen LogP contribution in [0.2, 0.25) is 5.02 Å². The molecule has 0 aliphatic rings. The van der Waals surface area contributed by atoms with E-state index in [2.05, 4.69) is 25.5 Å². The van der Waals surface area contributed by atoms with Crippen LogP contribution in [0.4, 0.5) is 10.5 Å². The molecule has 162 valence electrons. The third-order valence-corrected chi connectivity index (χ3v) is 4.58. The summed E-state index contributed by atoms with van der Waals surface area (Å²) in [6, 6.07) is 13.0. The van der Waals surface area contributed by atoms with Crippen LogP contribution >= 0.6 is 11.6 Å². The average molecular weight is 445 g/mol. The molecule has 10 heteroatoms. The Morgan fingerprint density at radius 2 is 1.81 bits per heavy atom. The molecule has 0 spiro atoms. The predicted molar refractivity (Wildman–Crippen MR) is 113 cm³/mol. The number of hydrogen-bond acceptors (Lipinski definition) is 7. The van der Waals surface area contributed by atoms with Crippen molar-refractivity contribution in [2.24, 2.45) is 0 Å². The number of esters is 1. The van der Waals surface area contributed by atoms with E-state index in [-0.39, 0.29) is 18.1 Å². The molecule has 0 bridgehead atoms. The molecule has 0 saturated heterocycles. The van der Waals surface area contributed by atoms with Crippen LogP contribution in [0.25, 0.3) is 0 Å². The number of halogens is 1. The van der Waals surface area contributed by atoms with Gasteiger partial charge in [0.15, 0.2) is 5.82 Å². The first-order valence-electron chi connectivity index (χ1n) is 9.32. The van der Waals surface area contributed by atoms with Crippen molar-refractivity contribution in [2.45, 2.75) is 18.9 Å². The Kier molecular flexibility index (Phi) is 7.45. The minimum absolute atomic E-state index is 0.0986. The number of nitrogens with one attached hydrogen (secondary N) is 2. The van der Waals surface area contributed by atoms with Crippen molar-refractivity contribution >= 4 is 29.3 Å². The number of nitrogens with zero attached hydrogens (tertiary/aromatic N) is 2. The largest absolute Gasteiger partial charge is 0.497 e. The van der Waals surface area contributed by atoms with Gasteiger partial charge in [0.25, 0.3) is 0 Å². The van der Waals surface area contributed by atoms with Gasteiger partial charge >= 0.3 is 12.0 Å². The summed E-state index contributed by atoms with van der Waals surface area (Å²) < 4.78 is 14.9. The van der Waals surface area contributed by atoms with E-state index in [0.717, 1.165) is 5.56 Å². The number of rotatable bonds is 8. The average Bonchev–Trinajstić information content (AvgIpc) is 3.23. The van der Waals surface area contributed by atoms with E-state index in [9.17, 15) is 9.59 Å². The van der Waals surface area contributed by atoms with Crippen LogP contribution in [0.5, 0.6) is 5.75 Å². The Balaban J connectivity index is 1.76. The monoisotopic (exact) mass is 444 g/mol. The first kappa shape index (κ1) is 22.1. The summed E-state index contributed by atoms with van der Waals surface area (Å²) >= 11 is 5.88. The normalized spacial score (nSPS) is 11.5. The fourth-order valence-corrected chi connectivity index (χ4v) is 2.87. The van der Waals surface area contributed by atoms with Gasteiger partial charge in [-0.2, -0.15) is 4.98 Å². The maximum Gasteiger partial charge on any atom is 0.319 e. The van der Waals surface area contributed by atoms with Gasteiger partial charge in [0, 0.05) is 17.1 Å². The second-order valence-corrected chi connectivity index (χ2v) is 6.95. The Hall–Kier alpha value is -3.59. The van der Waals surface area contributed by atoms with Crippen LogP contribution in [-0.4, -0.2) is 36.4 Å². The molecule has 0 unspecified atom stereocenters. The van der Waals surface area contributed by atoms with Gasteiger partial charge in [-0.05, 0) is 42.0 Å². The topological polar surface area (TPSA) is 116 Å². The molecule has 3 rings (SSSR count). The highest BCUT2D eigenvalue weighted by Crippen LogP contribution is 2.20. The molecule has 31 heavy (non-hydrogen) atoms. The molecule has 0 fully saturated rings. The molecule has 1 heterocycles. The lowest BCUT2D eigenvalue weighted by atomic mass is 10.1. The number of benzene rings is 2. The zero-order valence-electron chi connectivity index (χ0n) is 16.9. The Morgan fingerprint density at radius 3 is 2.45 bits per heavy atom. The number of amides is 2. The molecular weight excluding hydrogens is 424 g/mol. The van der Waals surface area contributed by atoms with Crippen molar-refractivity contribution in [1.82, 2.24) is 15.5 Å². The maximum atomic E-state index is 12.6.